The van der Waals surface area contributed by atoms with Crippen molar-refractivity contribution in [1.29, 1.82) is 5.26 Å². The zero-order chi connectivity index (χ0) is 20.2. The Hall–Kier alpha value is -2.19. The van der Waals surface area contributed by atoms with Crippen LogP contribution in [0.4, 0.5) is 0 Å². The molecule has 5 nitrogen and oxygen atoms in total. The molecule has 1 saturated carbocycles. The van der Waals surface area contributed by atoms with Gasteiger partial charge < -0.3 is 10.2 Å². The molecule has 0 aromatic carbocycles. The molecule has 1 aliphatic rings. The van der Waals surface area contributed by atoms with E-state index in [0.29, 0.717) is 25.7 Å². The number of unbranched alkanes of at least 4 members (excludes halogenated alkanes) is 1. The van der Waals surface area contributed by atoms with Crippen molar-refractivity contribution in [2.45, 2.75) is 64.9 Å². The molecule has 0 radical (unpaired) electrons. The van der Waals surface area contributed by atoms with Crippen LogP contribution in [0.2, 0.25) is 0 Å². The second-order valence-corrected chi connectivity index (χ2v) is 7.39. The van der Waals surface area contributed by atoms with Crippen LogP contribution >= 0.6 is 0 Å². The van der Waals surface area contributed by atoms with Gasteiger partial charge in [0, 0.05) is 24.7 Å². The average Bonchev–Trinajstić information content (AvgIpc) is 2.90. The number of carboxylic acid groups (broad SMARTS) is 1. The van der Waals surface area contributed by atoms with Crippen LogP contribution in [0.15, 0.2) is 36.0 Å². The number of carbonyl (C=O) groups excluding carboxylic acids is 1. The Kier molecular flexibility index (Phi) is 10.4. The number of aliphatic hydroxyl groups excluding tert-OH is 1. The fraction of sp³-hybridized carbons (Fsp3) is 0.591. The van der Waals surface area contributed by atoms with E-state index in [1.807, 2.05) is 32.1 Å². The first-order chi connectivity index (χ1) is 12.8. The van der Waals surface area contributed by atoms with Crippen LogP contribution in [-0.2, 0) is 9.59 Å². The third-order valence-electron chi connectivity index (χ3n) is 4.82. The van der Waals surface area contributed by atoms with Crippen molar-refractivity contribution in [3.05, 3.63) is 36.0 Å². The first-order valence-corrected chi connectivity index (χ1v) is 9.64. The Morgan fingerprint density at radius 2 is 2.07 bits per heavy atom. The number of aliphatic carboxylic acids is 1. The highest BCUT2D eigenvalue weighted by Crippen LogP contribution is 2.37. The minimum Gasteiger partial charge on any atom is -0.481 e. The Labute approximate surface area is 162 Å². The highest BCUT2D eigenvalue weighted by atomic mass is 16.4. The molecule has 1 rings (SSSR count). The molecule has 0 heterocycles. The van der Waals surface area contributed by atoms with Crippen LogP contribution in [0.1, 0.15) is 58.8 Å². The summed E-state index contributed by atoms with van der Waals surface area (Å²) in [5.74, 6) is -1.48. The van der Waals surface area contributed by atoms with E-state index in [2.05, 4.69) is 12.1 Å². The number of carboxylic acids is 1. The number of carbonyl (C=O) groups is 2. The number of aliphatic hydroxyl groups is 1. The molecule has 0 aromatic heterocycles. The third-order valence-corrected chi connectivity index (χ3v) is 4.82. The molecule has 1 fully saturated rings. The van der Waals surface area contributed by atoms with E-state index in [-0.39, 0.29) is 36.4 Å². The minimum absolute atomic E-state index is 0.0883. The number of nitriles is 1. The van der Waals surface area contributed by atoms with Crippen LogP contribution in [0, 0.1) is 29.1 Å². The lowest BCUT2D eigenvalue weighted by atomic mass is 9.86. The molecular formula is C22H31NO4. The SMILES string of the molecule is CC(C)=CCC[C@@H](O)C=C[C@@H]1[C@H](C#N)CC(=O)[C@@H]1CC=CCCCC(=O)O. The van der Waals surface area contributed by atoms with Crippen LogP contribution < -0.4 is 0 Å². The molecule has 5 heteroatoms. The van der Waals surface area contributed by atoms with Gasteiger partial charge in [-0.3, -0.25) is 9.59 Å². The maximum absolute atomic E-state index is 12.3. The van der Waals surface area contributed by atoms with Gasteiger partial charge in [0.2, 0.25) is 0 Å². The lowest BCUT2D eigenvalue weighted by Gasteiger charge is -2.16. The van der Waals surface area contributed by atoms with Crippen LogP contribution in [0.25, 0.3) is 0 Å². The van der Waals surface area contributed by atoms with Crippen LogP contribution in [0.5, 0.6) is 0 Å². The van der Waals surface area contributed by atoms with Gasteiger partial charge in [-0.15, -0.1) is 0 Å². The van der Waals surface area contributed by atoms with Crippen molar-refractivity contribution >= 4 is 11.8 Å². The van der Waals surface area contributed by atoms with E-state index < -0.39 is 12.1 Å². The molecular weight excluding hydrogens is 342 g/mol. The second-order valence-electron chi connectivity index (χ2n) is 7.39. The molecule has 1 aliphatic carbocycles. The Bertz CT molecular complexity index is 623. The molecule has 4 atom stereocenters. The Balaban J connectivity index is 2.61. The standard InChI is InChI=1S/C22H31NO4/c1-16(2)8-7-9-18(24)12-13-19-17(15-23)14-21(25)20(19)10-5-3-4-6-11-22(26)27/h3,5,8,12-13,17-20,24H,4,6-7,9-11,14H2,1-2H3,(H,26,27)/t17-,18+,19+,20+/m0/s1. The number of allylic oxidation sites excluding steroid dienone is 5. The predicted octanol–water partition coefficient (Wildman–Crippen LogP) is 4.20. The van der Waals surface area contributed by atoms with E-state index >= 15 is 0 Å². The number of ketones is 1. The zero-order valence-electron chi connectivity index (χ0n) is 16.3. The van der Waals surface area contributed by atoms with E-state index in [1.54, 1.807) is 6.08 Å². The molecule has 0 unspecified atom stereocenters. The van der Waals surface area contributed by atoms with E-state index in [4.69, 9.17) is 5.11 Å². The van der Waals surface area contributed by atoms with Crippen LogP contribution in [0.3, 0.4) is 0 Å². The first-order valence-electron chi connectivity index (χ1n) is 9.64. The summed E-state index contributed by atoms with van der Waals surface area (Å²) in [6, 6.07) is 2.23. The summed E-state index contributed by atoms with van der Waals surface area (Å²) in [6.45, 7) is 4.04. The quantitative estimate of drug-likeness (QED) is 0.418. The van der Waals surface area contributed by atoms with Crippen molar-refractivity contribution < 1.29 is 19.8 Å². The molecule has 0 spiro atoms. The summed E-state index contributed by atoms with van der Waals surface area (Å²) in [7, 11) is 0. The van der Waals surface area contributed by atoms with Crippen molar-refractivity contribution in [1.82, 2.24) is 0 Å². The fourth-order valence-corrected chi connectivity index (χ4v) is 3.32. The van der Waals surface area contributed by atoms with Gasteiger partial charge in [0.1, 0.15) is 5.78 Å². The van der Waals surface area contributed by atoms with Gasteiger partial charge in [0.15, 0.2) is 0 Å². The minimum atomic E-state index is -0.806. The van der Waals surface area contributed by atoms with E-state index in [1.165, 1.54) is 5.57 Å². The number of rotatable bonds is 11. The van der Waals surface area contributed by atoms with E-state index in [0.717, 1.165) is 6.42 Å². The smallest absolute Gasteiger partial charge is 0.303 e. The number of hydrogen-bond donors (Lipinski definition) is 2. The molecule has 27 heavy (non-hydrogen) atoms. The van der Waals surface area contributed by atoms with Gasteiger partial charge in [-0.2, -0.15) is 5.26 Å². The summed E-state index contributed by atoms with van der Waals surface area (Å²) in [5, 5.41) is 28.1. The lowest BCUT2D eigenvalue weighted by molar-refractivity contribution is -0.137. The topological polar surface area (TPSA) is 98.4 Å². The lowest BCUT2D eigenvalue weighted by Crippen LogP contribution is -2.15. The average molecular weight is 373 g/mol. The highest BCUT2D eigenvalue weighted by molar-refractivity contribution is 5.85. The normalized spacial score (nSPS) is 23.6. The maximum atomic E-state index is 12.3. The first kappa shape index (κ1) is 22.9. The van der Waals surface area contributed by atoms with Crippen molar-refractivity contribution in [3.63, 3.8) is 0 Å². The van der Waals surface area contributed by atoms with Crippen molar-refractivity contribution in [3.8, 4) is 6.07 Å². The Morgan fingerprint density at radius 1 is 1.33 bits per heavy atom. The van der Waals surface area contributed by atoms with E-state index in [9.17, 15) is 20.0 Å². The molecule has 0 amide bonds. The van der Waals surface area contributed by atoms with Gasteiger partial charge in [0.25, 0.3) is 0 Å². The molecule has 148 valence electrons. The zero-order valence-corrected chi connectivity index (χ0v) is 16.3. The molecule has 0 aliphatic heterocycles. The summed E-state index contributed by atoms with van der Waals surface area (Å²) in [6.07, 6.45) is 12.5. The van der Waals surface area contributed by atoms with Gasteiger partial charge in [0.05, 0.1) is 18.1 Å². The number of Topliss-reactive ketones (excluding diaryl/α,β-unsaturated/α-hetero) is 1. The van der Waals surface area contributed by atoms with Crippen molar-refractivity contribution in [2.24, 2.45) is 17.8 Å². The fourth-order valence-electron chi connectivity index (χ4n) is 3.32. The number of hydrogen-bond acceptors (Lipinski definition) is 4. The molecule has 0 saturated heterocycles. The number of nitrogens with zero attached hydrogens (tertiary/aromatic N) is 1. The molecule has 0 bridgehead atoms. The third kappa shape index (κ3) is 8.83. The highest BCUT2D eigenvalue weighted by Gasteiger charge is 2.40. The van der Waals surface area contributed by atoms with Crippen molar-refractivity contribution in [2.75, 3.05) is 0 Å². The summed E-state index contributed by atoms with van der Waals surface area (Å²) in [4.78, 5) is 22.8. The maximum Gasteiger partial charge on any atom is 0.303 e. The monoisotopic (exact) mass is 373 g/mol. The summed E-state index contributed by atoms with van der Waals surface area (Å²) < 4.78 is 0. The van der Waals surface area contributed by atoms with Gasteiger partial charge >= 0.3 is 5.97 Å². The molecule has 2 N–H and O–H groups in total. The van der Waals surface area contributed by atoms with Crippen LogP contribution in [-0.4, -0.2) is 28.1 Å². The Morgan fingerprint density at radius 3 is 2.70 bits per heavy atom. The summed E-state index contributed by atoms with van der Waals surface area (Å²) in [5.41, 5.74) is 1.22. The van der Waals surface area contributed by atoms with Gasteiger partial charge in [-0.05, 0) is 46.0 Å². The largest absolute Gasteiger partial charge is 0.481 e. The predicted molar refractivity (Wildman–Crippen MR) is 105 cm³/mol. The second kappa shape index (κ2) is 12.2. The molecule has 0 aromatic rings. The van der Waals surface area contributed by atoms with Gasteiger partial charge in [-0.25, -0.2) is 0 Å². The summed E-state index contributed by atoms with van der Waals surface area (Å²) >= 11 is 0. The van der Waals surface area contributed by atoms with Gasteiger partial charge in [-0.1, -0.05) is 36.0 Å².